The molecular formula is C25H56N2O3S+2. The topological polar surface area (TPSA) is 54.4 Å². The Hall–Kier alpha value is -0.170. The van der Waals surface area contributed by atoms with E-state index in [0.717, 1.165) is 22.1 Å². The first-order valence-corrected chi connectivity index (χ1v) is 14.7. The van der Waals surface area contributed by atoms with Crippen molar-refractivity contribution in [2.75, 3.05) is 47.0 Å². The molecule has 0 rings (SSSR count). The van der Waals surface area contributed by atoms with Crippen molar-refractivity contribution in [3.8, 4) is 0 Å². The lowest BCUT2D eigenvalue weighted by Gasteiger charge is -2.47. The molecule has 188 valence electrons. The summed E-state index contributed by atoms with van der Waals surface area (Å²) in [5.74, 6) is -0.144. The zero-order chi connectivity index (χ0) is 23.8. The van der Waals surface area contributed by atoms with Crippen LogP contribution < -0.4 is 0 Å². The van der Waals surface area contributed by atoms with Crippen LogP contribution in [-0.2, 0) is 10.1 Å². The van der Waals surface area contributed by atoms with E-state index in [-0.39, 0.29) is 11.9 Å². The molecule has 1 atom stereocenters. The number of hydrogen-bond donors (Lipinski definition) is 1. The molecule has 5 nitrogen and oxygen atoms in total. The predicted octanol–water partition coefficient (Wildman–Crippen LogP) is 6.24. The molecule has 0 saturated heterocycles. The number of nitrogens with zero attached hydrogens (tertiary/aromatic N) is 2. The highest BCUT2D eigenvalue weighted by atomic mass is 32.2. The molecule has 0 radical (unpaired) electrons. The van der Waals surface area contributed by atoms with Gasteiger partial charge in [0.1, 0.15) is 0 Å². The van der Waals surface area contributed by atoms with Crippen molar-refractivity contribution in [2.24, 2.45) is 0 Å². The number of hydrogen-bond acceptors (Lipinski definition) is 2. The molecule has 1 N–H and O–H groups in total. The molecule has 0 aromatic carbocycles. The van der Waals surface area contributed by atoms with Crippen molar-refractivity contribution in [3.63, 3.8) is 0 Å². The third kappa shape index (κ3) is 16.1. The van der Waals surface area contributed by atoms with Crippen LogP contribution in [0.25, 0.3) is 0 Å². The summed E-state index contributed by atoms with van der Waals surface area (Å²) in [6, 6.07) is 0. The van der Waals surface area contributed by atoms with Gasteiger partial charge in [0, 0.05) is 0 Å². The lowest BCUT2D eigenvalue weighted by molar-refractivity contribution is -1.10. The summed E-state index contributed by atoms with van der Waals surface area (Å²) < 4.78 is 34.0. The number of unbranched alkanes of at least 4 members (excludes halogenated alkanes) is 12. The molecule has 6 heteroatoms. The van der Waals surface area contributed by atoms with Crippen molar-refractivity contribution in [2.45, 2.75) is 116 Å². The van der Waals surface area contributed by atoms with Gasteiger partial charge in [-0.15, -0.1) is 0 Å². The molecule has 0 aromatic rings. The minimum Gasteiger partial charge on any atom is -0.286 e. The minimum absolute atomic E-state index is 0.144. The second-order valence-electron chi connectivity index (χ2n) is 10.8. The average Bonchev–Trinajstić information content (AvgIpc) is 2.65. The van der Waals surface area contributed by atoms with Gasteiger partial charge in [-0.2, -0.15) is 8.42 Å². The maximum atomic E-state index is 11.5. The SMILES string of the molecule is CCCCCCCCCC[N+](C)(C)C(CCS(=O)(=O)O)[N+](C)(C)CCCCCCCC. The Morgan fingerprint density at radius 1 is 0.613 bits per heavy atom. The van der Waals surface area contributed by atoms with E-state index in [1.54, 1.807) is 0 Å². The Bertz CT molecular complexity index is 533. The van der Waals surface area contributed by atoms with Crippen LogP contribution in [0.4, 0.5) is 0 Å². The fourth-order valence-electron chi connectivity index (χ4n) is 5.05. The summed E-state index contributed by atoms with van der Waals surface area (Å²) in [7, 11) is 5.05. The first-order valence-electron chi connectivity index (χ1n) is 13.1. The Kier molecular flexibility index (Phi) is 16.4. The van der Waals surface area contributed by atoms with Gasteiger partial charge in [-0.05, 0) is 25.7 Å². The zero-order valence-electron chi connectivity index (χ0n) is 21.9. The quantitative estimate of drug-likeness (QED) is 0.0946. The van der Waals surface area contributed by atoms with E-state index in [2.05, 4.69) is 42.0 Å². The largest absolute Gasteiger partial charge is 0.286 e. The van der Waals surface area contributed by atoms with Crippen LogP contribution in [0.5, 0.6) is 0 Å². The van der Waals surface area contributed by atoms with Gasteiger partial charge in [-0.25, -0.2) is 0 Å². The molecule has 0 aliphatic heterocycles. The highest BCUT2D eigenvalue weighted by molar-refractivity contribution is 7.85. The summed E-state index contributed by atoms with van der Waals surface area (Å²) in [6.45, 7) is 6.61. The number of rotatable bonds is 21. The standard InChI is InChI=1S/C25H55N2O3S/c1-7-9-11-13-15-16-18-20-23-27(5,6)25(21-24-31(28,29)30)26(3,4)22-19-17-14-12-10-8-2/h25H,7-24H2,1-6H3/q+1/p+1. The lowest BCUT2D eigenvalue weighted by atomic mass is 10.1. The van der Waals surface area contributed by atoms with Crippen molar-refractivity contribution < 1.29 is 21.9 Å². The van der Waals surface area contributed by atoms with Crippen molar-refractivity contribution in [1.29, 1.82) is 0 Å². The van der Waals surface area contributed by atoms with Crippen molar-refractivity contribution in [3.05, 3.63) is 0 Å². The van der Waals surface area contributed by atoms with Crippen molar-refractivity contribution >= 4 is 10.1 Å². The van der Waals surface area contributed by atoms with E-state index in [1.807, 2.05) is 0 Å². The summed E-state index contributed by atoms with van der Waals surface area (Å²) in [5, 5.41) is 0. The van der Waals surface area contributed by atoms with E-state index in [1.165, 1.54) is 89.9 Å². The maximum Gasteiger partial charge on any atom is 0.265 e. The normalized spacial score (nSPS) is 14.2. The Balaban J connectivity index is 4.74. The Morgan fingerprint density at radius 2 is 0.935 bits per heavy atom. The van der Waals surface area contributed by atoms with Gasteiger partial charge in [0.25, 0.3) is 10.1 Å². The fraction of sp³-hybridized carbons (Fsp3) is 1.00. The molecule has 0 aliphatic rings. The van der Waals surface area contributed by atoms with E-state index >= 15 is 0 Å². The van der Waals surface area contributed by atoms with E-state index in [4.69, 9.17) is 0 Å². The highest BCUT2D eigenvalue weighted by Gasteiger charge is 2.41. The van der Waals surface area contributed by atoms with Gasteiger partial charge in [-0.1, -0.05) is 78.1 Å². The molecule has 0 spiro atoms. The lowest BCUT2D eigenvalue weighted by Crippen LogP contribution is -2.65. The minimum atomic E-state index is -3.94. The first kappa shape index (κ1) is 30.8. The van der Waals surface area contributed by atoms with Gasteiger partial charge < -0.3 is 0 Å². The van der Waals surface area contributed by atoms with Crippen LogP contribution in [0.15, 0.2) is 0 Å². The second-order valence-corrected chi connectivity index (χ2v) is 12.4. The highest BCUT2D eigenvalue weighted by Crippen LogP contribution is 2.24. The third-order valence-corrected chi connectivity index (χ3v) is 7.68. The predicted molar refractivity (Wildman–Crippen MR) is 135 cm³/mol. The van der Waals surface area contributed by atoms with Crippen LogP contribution >= 0.6 is 0 Å². The molecule has 0 amide bonds. The zero-order valence-corrected chi connectivity index (χ0v) is 22.7. The molecular weight excluding hydrogens is 408 g/mol. The number of quaternary nitrogens is 2. The van der Waals surface area contributed by atoms with Gasteiger partial charge >= 0.3 is 0 Å². The van der Waals surface area contributed by atoms with Gasteiger partial charge in [-0.3, -0.25) is 13.5 Å². The van der Waals surface area contributed by atoms with Crippen LogP contribution in [0.2, 0.25) is 0 Å². The molecule has 0 bridgehead atoms. The molecule has 0 fully saturated rings. The van der Waals surface area contributed by atoms with Crippen LogP contribution in [-0.4, -0.2) is 75.1 Å². The maximum absolute atomic E-state index is 11.5. The monoisotopic (exact) mass is 464 g/mol. The van der Waals surface area contributed by atoms with Gasteiger partial charge in [0.15, 0.2) is 0 Å². The Labute approximate surface area is 195 Å². The summed E-state index contributed by atoms with van der Waals surface area (Å²) in [5.41, 5.74) is 0. The molecule has 31 heavy (non-hydrogen) atoms. The molecule has 0 saturated carbocycles. The Morgan fingerprint density at radius 3 is 1.26 bits per heavy atom. The van der Waals surface area contributed by atoms with Gasteiger partial charge in [0.05, 0.1) is 53.5 Å². The smallest absolute Gasteiger partial charge is 0.265 e. The first-order chi connectivity index (χ1) is 14.5. The van der Waals surface area contributed by atoms with Crippen LogP contribution in [0.1, 0.15) is 110 Å². The fourth-order valence-corrected chi connectivity index (χ4v) is 5.56. The molecule has 0 heterocycles. The van der Waals surface area contributed by atoms with Gasteiger partial charge in [0.2, 0.25) is 6.17 Å². The van der Waals surface area contributed by atoms with Crippen LogP contribution in [0, 0.1) is 0 Å². The van der Waals surface area contributed by atoms with Crippen LogP contribution in [0.3, 0.4) is 0 Å². The third-order valence-electron chi connectivity index (χ3n) is 6.92. The van der Waals surface area contributed by atoms with E-state index in [0.29, 0.717) is 6.42 Å². The molecule has 1 unspecified atom stereocenters. The molecule has 0 aliphatic carbocycles. The molecule has 0 aromatic heterocycles. The summed E-state index contributed by atoms with van der Waals surface area (Å²) >= 11 is 0. The van der Waals surface area contributed by atoms with Crippen molar-refractivity contribution in [1.82, 2.24) is 0 Å². The second kappa shape index (κ2) is 16.4. The van der Waals surface area contributed by atoms with E-state index < -0.39 is 10.1 Å². The average molecular weight is 465 g/mol. The summed E-state index contributed by atoms with van der Waals surface area (Å²) in [4.78, 5) is 0. The summed E-state index contributed by atoms with van der Waals surface area (Å²) in [6.07, 6.45) is 18.7. The van der Waals surface area contributed by atoms with E-state index in [9.17, 15) is 13.0 Å².